The Kier molecular flexibility index (Phi) is 3.25. The summed E-state index contributed by atoms with van der Waals surface area (Å²) in [5.74, 6) is 0.620. The lowest BCUT2D eigenvalue weighted by Crippen LogP contribution is -2.21. The molecule has 100 valence electrons. The molecule has 3 rings (SSSR count). The van der Waals surface area contributed by atoms with E-state index >= 15 is 0 Å². The molecule has 0 amide bonds. The first-order valence-electron chi connectivity index (χ1n) is 6.66. The number of anilines is 2. The third-order valence-electron chi connectivity index (χ3n) is 3.81. The SMILES string of the molecule is COCC1CCN(c2ccc(N)c3ncccc23)C1. The average Bonchev–Trinajstić information content (AvgIpc) is 2.88. The third kappa shape index (κ3) is 2.24. The quantitative estimate of drug-likeness (QED) is 0.857. The predicted molar refractivity (Wildman–Crippen MR) is 78.4 cm³/mol. The summed E-state index contributed by atoms with van der Waals surface area (Å²) < 4.78 is 5.26. The molecule has 19 heavy (non-hydrogen) atoms. The third-order valence-corrected chi connectivity index (χ3v) is 3.81. The van der Waals surface area contributed by atoms with Crippen molar-refractivity contribution in [3.63, 3.8) is 0 Å². The molecule has 0 bridgehead atoms. The second kappa shape index (κ2) is 5.05. The highest BCUT2D eigenvalue weighted by Crippen LogP contribution is 2.32. The minimum Gasteiger partial charge on any atom is -0.397 e. The van der Waals surface area contributed by atoms with E-state index in [0.29, 0.717) is 5.92 Å². The zero-order chi connectivity index (χ0) is 13.2. The van der Waals surface area contributed by atoms with Crippen LogP contribution in [-0.4, -0.2) is 31.8 Å². The van der Waals surface area contributed by atoms with Gasteiger partial charge in [-0.3, -0.25) is 4.98 Å². The fourth-order valence-electron chi connectivity index (χ4n) is 2.88. The van der Waals surface area contributed by atoms with Gasteiger partial charge < -0.3 is 15.4 Å². The van der Waals surface area contributed by atoms with Crippen LogP contribution in [0.2, 0.25) is 0 Å². The van der Waals surface area contributed by atoms with Gasteiger partial charge in [0.1, 0.15) is 0 Å². The molecule has 2 N–H and O–H groups in total. The first-order chi connectivity index (χ1) is 9.29. The zero-order valence-corrected chi connectivity index (χ0v) is 11.2. The largest absolute Gasteiger partial charge is 0.397 e. The van der Waals surface area contributed by atoms with Gasteiger partial charge in [0.15, 0.2) is 0 Å². The number of benzene rings is 1. The molecule has 1 unspecified atom stereocenters. The Balaban J connectivity index is 1.96. The Morgan fingerprint density at radius 1 is 1.42 bits per heavy atom. The summed E-state index contributed by atoms with van der Waals surface area (Å²) in [5.41, 5.74) is 8.87. The van der Waals surface area contributed by atoms with Crippen LogP contribution in [0.4, 0.5) is 11.4 Å². The van der Waals surface area contributed by atoms with Crippen molar-refractivity contribution in [2.45, 2.75) is 6.42 Å². The lowest BCUT2D eigenvalue weighted by molar-refractivity contribution is 0.161. The highest BCUT2D eigenvalue weighted by atomic mass is 16.5. The number of nitrogens with two attached hydrogens (primary N) is 1. The van der Waals surface area contributed by atoms with E-state index in [1.807, 2.05) is 12.1 Å². The first-order valence-corrected chi connectivity index (χ1v) is 6.66. The highest BCUT2D eigenvalue weighted by Gasteiger charge is 2.23. The molecule has 1 saturated heterocycles. The topological polar surface area (TPSA) is 51.4 Å². The maximum Gasteiger partial charge on any atom is 0.0951 e. The molecule has 0 spiro atoms. The minimum absolute atomic E-state index is 0.620. The zero-order valence-electron chi connectivity index (χ0n) is 11.2. The van der Waals surface area contributed by atoms with Crippen molar-refractivity contribution in [1.82, 2.24) is 4.98 Å². The van der Waals surface area contributed by atoms with E-state index in [1.54, 1.807) is 13.3 Å². The second-order valence-corrected chi connectivity index (χ2v) is 5.13. The number of nitrogens with zero attached hydrogens (tertiary/aromatic N) is 2. The van der Waals surface area contributed by atoms with Crippen LogP contribution in [0.25, 0.3) is 10.9 Å². The molecule has 1 aromatic heterocycles. The number of hydrogen-bond acceptors (Lipinski definition) is 4. The lowest BCUT2D eigenvalue weighted by Gasteiger charge is -2.21. The van der Waals surface area contributed by atoms with Gasteiger partial charge in [-0.05, 0) is 30.7 Å². The summed E-state index contributed by atoms with van der Waals surface area (Å²) in [6.07, 6.45) is 2.97. The van der Waals surface area contributed by atoms with Gasteiger partial charge in [0, 0.05) is 43.4 Å². The van der Waals surface area contributed by atoms with E-state index in [4.69, 9.17) is 10.5 Å². The lowest BCUT2D eigenvalue weighted by atomic mass is 10.1. The number of ether oxygens (including phenoxy) is 1. The van der Waals surface area contributed by atoms with Crippen LogP contribution in [0, 0.1) is 5.92 Å². The second-order valence-electron chi connectivity index (χ2n) is 5.13. The van der Waals surface area contributed by atoms with Gasteiger partial charge in [-0.2, -0.15) is 0 Å². The van der Waals surface area contributed by atoms with Crippen LogP contribution >= 0.6 is 0 Å². The van der Waals surface area contributed by atoms with Gasteiger partial charge in [-0.1, -0.05) is 0 Å². The van der Waals surface area contributed by atoms with Crippen molar-refractivity contribution < 1.29 is 4.74 Å². The summed E-state index contributed by atoms with van der Waals surface area (Å²) in [6, 6.07) is 8.12. The molecule has 4 nitrogen and oxygen atoms in total. The molecule has 1 aliphatic rings. The molecule has 1 aromatic carbocycles. The Labute approximate surface area is 113 Å². The van der Waals surface area contributed by atoms with Crippen molar-refractivity contribution >= 4 is 22.3 Å². The maximum atomic E-state index is 6.00. The molecule has 2 heterocycles. The molecule has 0 aliphatic carbocycles. The molecular weight excluding hydrogens is 238 g/mol. The average molecular weight is 257 g/mol. The molecular formula is C15H19N3O. The Morgan fingerprint density at radius 3 is 3.16 bits per heavy atom. The summed E-state index contributed by atoms with van der Waals surface area (Å²) in [5, 5.41) is 1.14. The van der Waals surface area contributed by atoms with E-state index in [1.165, 1.54) is 12.1 Å². The van der Waals surface area contributed by atoms with Crippen LogP contribution in [0.1, 0.15) is 6.42 Å². The number of methoxy groups -OCH3 is 1. The van der Waals surface area contributed by atoms with E-state index < -0.39 is 0 Å². The van der Waals surface area contributed by atoms with Crippen molar-refractivity contribution in [2.24, 2.45) is 5.92 Å². The number of nitrogen functional groups attached to an aromatic ring is 1. The van der Waals surface area contributed by atoms with Crippen LogP contribution < -0.4 is 10.6 Å². The molecule has 0 saturated carbocycles. The summed E-state index contributed by atoms with van der Waals surface area (Å²) in [6.45, 7) is 2.95. The number of rotatable bonds is 3. The Bertz CT molecular complexity index is 585. The van der Waals surface area contributed by atoms with E-state index in [9.17, 15) is 0 Å². The number of fused-ring (bicyclic) bond motifs is 1. The summed E-state index contributed by atoms with van der Waals surface area (Å²) in [7, 11) is 1.77. The Morgan fingerprint density at radius 2 is 2.32 bits per heavy atom. The van der Waals surface area contributed by atoms with Crippen molar-refractivity contribution in [1.29, 1.82) is 0 Å². The van der Waals surface area contributed by atoms with Gasteiger partial charge in [0.05, 0.1) is 17.8 Å². The fraction of sp³-hybridized carbons (Fsp3) is 0.400. The monoisotopic (exact) mass is 257 g/mol. The van der Waals surface area contributed by atoms with E-state index in [0.717, 1.165) is 36.3 Å². The van der Waals surface area contributed by atoms with Crippen molar-refractivity contribution in [3.05, 3.63) is 30.5 Å². The minimum atomic E-state index is 0.620. The normalized spacial score (nSPS) is 19.2. The van der Waals surface area contributed by atoms with Crippen molar-refractivity contribution in [2.75, 3.05) is 37.4 Å². The van der Waals surface area contributed by atoms with Gasteiger partial charge in [-0.25, -0.2) is 0 Å². The first kappa shape index (κ1) is 12.2. The fourth-order valence-corrected chi connectivity index (χ4v) is 2.88. The van der Waals surface area contributed by atoms with Crippen LogP contribution in [0.3, 0.4) is 0 Å². The highest BCUT2D eigenvalue weighted by molar-refractivity contribution is 5.98. The number of aromatic nitrogens is 1. The molecule has 4 heteroatoms. The van der Waals surface area contributed by atoms with Crippen LogP contribution in [0.15, 0.2) is 30.5 Å². The standard InChI is InChI=1S/C15H19N3O/c1-19-10-11-6-8-18(9-11)14-5-4-13(16)15-12(14)3-2-7-17-15/h2-5,7,11H,6,8-10,16H2,1H3. The van der Waals surface area contributed by atoms with Gasteiger partial charge in [-0.15, -0.1) is 0 Å². The molecule has 1 atom stereocenters. The van der Waals surface area contributed by atoms with E-state index in [-0.39, 0.29) is 0 Å². The number of hydrogen-bond donors (Lipinski definition) is 1. The van der Waals surface area contributed by atoms with E-state index in [2.05, 4.69) is 22.0 Å². The predicted octanol–water partition coefficient (Wildman–Crippen LogP) is 2.29. The Hall–Kier alpha value is -1.81. The molecule has 0 radical (unpaired) electrons. The summed E-state index contributed by atoms with van der Waals surface area (Å²) in [4.78, 5) is 6.80. The van der Waals surface area contributed by atoms with Gasteiger partial charge >= 0.3 is 0 Å². The smallest absolute Gasteiger partial charge is 0.0951 e. The molecule has 1 aliphatic heterocycles. The maximum absolute atomic E-state index is 6.00. The van der Waals surface area contributed by atoms with Gasteiger partial charge in [0.2, 0.25) is 0 Å². The molecule has 1 fully saturated rings. The summed E-state index contributed by atoms with van der Waals surface area (Å²) >= 11 is 0. The van der Waals surface area contributed by atoms with Crippen LogP contribution in [-0.2, 0) is 4.74 Å². The van der Waals surface area contributed by atoms with Crippen LogP contribution in [0.5, 0.6) is 0 Å². The van der Waals surface area contributed by atoms with Gasteiger partial charge in [0.25, 0.3) is 0 Å². The molecule has 2 aromatic rings. The number of pyridine rings is 1. The van der Waals surface area contributed by atoms with Crippen molar-refractivity contribution in [3.8, 4) is 0 Å².